The van der Waals surface area contributed by atoms with Gasteiger partial charge in [0.2, 0.25) is 0 Å². The first-order valence-corrected chi connectivity index (χ1v) is 8.52. The molecular formula is C18H15Cl2N2O3-. The van der Waals surface area contributed by atoms with Gasteiger partial charge in [-0.25, -0.2) is 0 Å². The van der Waals surface area contributed by atoms with E-state index in [4.69, 9.17) is 23.2 Å². The molecule has 1 amide bonds. The number of nitrogens with zero attached hydrogens (tertiary/aromatic N) is 2. The van der Waals surface area contributed by atoms with Gasteiger partial charge in [0.1, 0.15) is 0 Å². The number of hydrogen-bond acceptors (Lipinski definition) is 4. The molecule has 7 heteroatoms. The van der Waals surface area contributed by atoms with Crippen molar-refractivity contribution >= 4 is 40.8 Å². The summed E-state index contributed by atoms with van der Waals surface area (Å²) in [4.78, 5) is 27.3. The van der Waals surface area contributed by atoms with Crippen LogP contribution in [0, 0.1) is 0 Å². The minimum atomic E-state index is -1.19. The van der Waals surface area contributed by atoms with E-state index in [1.165, 1.54) is 12.1 Å². The Bertz CT molecular complexity index is 800. The lowest BCUT2D eigenvalue weighted by atomic mass is 10.1. The van der Waals surface area contributed by atoms with E-state index in [-0.39, 0.29) is 11.5 Å². The molecule has 25 heavy (non-hydrogen) atoms. The topological polar surface area (TPSA) is 63.7 Å². The minimum absolute atomic E-state index is 0.117. The summed E-state index contributed by atoms with van der Waals surface area (Å²) in [5, 5.41) is 11.6. The summed E-state index contributed by atoms with van der Waals surface area (Å²) in [7, 11) is 0. The summed E-state index contributed by atoms with van der Waals surface area (Å²) in [6.07, 6.45) is 0. The van der Waals surface area contributed by atoms with E-state index < -0.39 is 5.97 Å². The molecule has 2 aromatic carbocycles. The summed E-state index contributed by atoms with van der Waals surface area (Å²) in [6.45, 7) is 2.42. The molecule has 1 aliphatic heterocycles. The van der Waals surface area contributed by atoms with Crippen LogP contribution in [0.1, 0.15) is 20.7 Å². The third-order valence-electron chi connectivity index (χ3n) is 4.20. The maximum atomic E-state index is 12.6. The molecule has 1 saturated heterocycles. The van der Waals surface area contributed by atoms with Crippen LogP contribution in [0.15, 0.2) is 42.5 Å². The van der Waals surface area contributed by atoms with Crippen molar-refractivity contribution in [3.05, 3.63) is 63.6 Å². The van der Waals surface area contributed by atoms with Gasteiger partial charge < -0.3 is 19.7 Å². The van der Waals surface area contributed by atoms with Gasteiger partial charge in [-0.1, -0.05) is 35.3 Å². The number of aromatic carboxylic acids is 1. The Balaban J connectivity index is 1.65. The molecule has 0 saturated carbocycles. The summed E-state index contributed by atoms with van der Waals surface area (Å²) >= 11 is 12.0. The highest BCUT2D eigenvalue weighted by atomic mass is 35.5. The van der Waals surface area contributed by atoms with Gasteiger partial charge in [-0.2, -0.15) is 0 Å². The van der Waals surface area contributed by atoms with Crippen LogP contribution in [0.25, 0.3) is 0 Å². The quantitative estimate of drug-likeness (QED) is 0.823. The number of rotatable bonds is 3. The second-order valence-electron chi connectivity index (χ2n) is 5.74. The Hall–Kier alpha value is -2.24. The molecule has 0 atom stereocenters. The number of anilines is 1. The van der Waals surface area contributed by atoms with Crippen LogP contribution in [0.5, 0.6) is 0 Å². The van der Waals surface area contributed by atoms with Crippen molar-refractivity contribution in [3.8, 4) is 0 Å². The standard InChI is InChI=1S/C18H16Cl2N2O3/c19-13-3-6-15(16(20)11-13)17(23)22-9-7-21(8-10-22)14-4-1-12(2-5-14)18(24)25/h1-6,11H,7-10H2,(H,24,25)/p-1. The van der Waals surface area contributed by atoms with Gasteiger partial charge in [0.25, 0.3) is 5.91 Å². The maximum Gasteiger partial charge on any atom is 0.255 e. The van der Waals surface area contributed by atoms with Gasteiger partial charge in [0, 0.05) is 36.9 Å². The average molecular weight is 378 g/mol. The summed E-state index contributed by atoms with van der Waals surface area (Å²) in [6, 6.07) is 11.4. The molecule has 130 valence electrons. The fourth-order valence-corrected chi connectivity index (χ4v) is 3.30. The van der Waals surface area contributed by atoms with Crippen LogP contribution in [-0.4, -0.2) is 43.0 Å². The number of hydrogen-bond donors (Lipinski definition) is 0. The normalized spacial score (nSPS) is 14.5. The average Bonchev–Trinajstić information content (AvgIpc) is 2.61. The first kappa shape index (κ1) is 17.6. The van der Waals surface area contributed by atoms with E-state index in [0.717, 1.165) is 5.69 Å². The maximum absolute atomic E-state index is 12.6. The van der Waals surface area contributed by atoms with Crippen LogP contribution in [-0.2, 0) is 0 Å². The molecule has 0 spiro atoms. The summed E-state index contributed by atoms with van der Waals surface area (Å²) in [5.74, 6) is -1.31. The Morgan fingerprint density at radius 3 is 2.12 bits per heavy atom. The number of carbonyl (C=O) groups is 2. The highest BCUT2D eigenvalue weighted by Crippen LogP contribution is 2.24. The van der Waals surface area contributed by atoms with Crippen LogP contribution >= 0.6 is 23.2 Å². The highest BCUT2D eigenvalue weighted by Gasteiger charge is 2.23. The van der Waals surface area contributed by atoms with Crippen molar-refractivity contribution in [1.82, 2.24) is 4.90 Å². The van der Waals surface area contributed by atoms with Crippen LogP contribution in [0.3, 0.4) is 0 Å². The van der Waals surface area contributed by atoms with Crippen LogP contribution in [0.2, 0.25) is 10.0 Å². The Morgan fingerprint density at radius 2 is 1.56 bits per heavy atom. The molecule has 5 nitrogen and oxygen atoms in total. The van der Waals surface area contributed by atoms with E-state index >= 15 is 0 Å². The Kier molecular flexibility index (Phi) is 5.16. The van der Waals surface area contributed by atoms with Gasteiger partial charge in [0.05, 0.1) is 16.6 Å². The second kappa shape index (κ2) is 7.33. The first-order chi connectivity index (χ1) is 12.0. The molecule has 2 aromatic rings. The number of carboxylic acid groups (broad SMARTS) is 1. The monoisotopic (exact) mass is 377 g/mol. The van der Waals surface area contributed by atoms with Gasteiger partial charge >= 0.3 is 0 Å². The van der Waals surface area contributed by atoms with Crippen molar-refractivity contribution < 1.29 is 14.7 Å². The Labute approximate surface area is 155 Å². The predicted molar refractivity (Wildman–Crippen MR) is 95.4 cm³/mol. The molecule has 0 bridgehead atoms. The second-order valence-corrected chi connectivity index (χ2v) is 6.58. The lowest BCUT2D eigenvalue weighted by Crippen LogP contribution is -2.48. The van der Waals surface area contributed by atoms with Gasteiger partial charge in [-0.3, -0.25) is 4.79 Å². The third kappa shape index (κ3) is 3.89. The van der Waals surface area contributed by atoms with Crippen molar-refractivity contribution in [3.63, 3.8) is 0 Å². The zero-order valence-electron chi connectivity index (χ0n) is 13.2. The largest absolute Gasteiger partial charge is 0.545 e. The van der Waals surface area contributed by atoms with Crippen molar-refractivity contribution in [2.24, 2.45) is 0 Å². The molecule has 0 aliphatic carbocycles. The van der Waals surface area contributed by atoms with E-state index in [1.807, 2.05) is 0 Å². The fourth-order valence-electron chi connectivity index (χ4n) is 2.81. The molecule has 1 fully saturated rings. The zero-order valence-corrected chi connectivity index (χ0v) is 14.8. The van der Waals surface area contributed by atoms with Crippen molar-refractivity contribution in [2.45, 2.75) is 0 Å². The SMILES string of the molecule is O=C([O-])c1ccc(N2CCN(C(=O)c3ccc(Cl)cc3Cl)CC2)cc1. The highest BCUT2D eigenvalue weighted by molar-refractivity contribution is 6.36. The summed E-state index contributed by atoms with van der Waals surface area (Å²) in [5.41, 5.74) is 1.51. The van der Waals surface area contributed by atoms with E-state index in [0.29, 0.717) is 41.8 Å². The van der Waals surface area contributed by atoms with E-state index in [1.54, 1.807) is 35.2 Å². The number of carbonyl (C=O) groups excluding carboxylic acids is 2. The Morgan fingerprint density at radius 1 is 0.920 bits per heavy atom. The molecule has 0 radical (unpaired) electrons. The molecule has 3 rings (SSSR count). The smallest absolute Gasteiger partial charge is 0.255 e. The van der Waals surface area contributed by atoms with Crippen LogP contribution < -0.4 is 10.0 Å². The van der Waals surface area contributed by atoms with E-state index in [2.05, 4.69) is 4.90 Å². The number of carboxylic acids is 1. The van der Waals surface area contributed by atoms with Crippen molar-refractivity contribution in [2.75, 3.05) is 31.1 Å². The zero-order chi connectivity index (χ0) is 18.0. The molecule has 1 heterocycles. The number of benzene rings is 2. The van der Waals surface area contributed by atoms with Gasteiger partial charge in [-0.05, 0) is 35.9 Å². The minimum Gasteiger partial charge on any atom is -0.545 e. The fraction of sp³-hybridized carbons (Fsp3) is 0.222. The number of piperazine rings is 1. The lowest BCUT2D eigenvalue weighted by Gasteiger charge is -2.36. The van der Waals surface area contributed by atoms with Crippen molar-refractivity contribution in [1.29, 1.82) is 0 Å². The predicted octanol–water partition coefficient (Wildman–Crippen LogP) is 2.32. The first-order valence-electron chi connectivity index (χ1n) is 7.76. The third-order valence-corrected chi connectivity index (χ3v) is 4.74. The van der Waals surface area contributed by atoms with Crippen LogP contribution in [0.4, 0.5) is 5.69 Å². The van der Waals surface area contributed by atoms with E-state index in [9.17, 15) is 14.7 Å². The summed E-state index contributed by atoms with van der Waals surface area (Å²) < 4.78 is 0. The van der Waals surface area contributed by atoms with Gasteiger partial charge in [0.15, 0.2) is 0 Å². The number of amides is 1. The van der Waals surface area contributed by atoms with Gasteiger partial charge in [-0.15, -0.1) is 0 Å². The molecule has 0 unspecified atom stereocenters. The molecule has 0 aromatic heterocycles. The molecule has 1 aliphatic rings. The molecular weight excluding hydrogens is 363 g/mol. The molecule has 0 N–H and O–H groups in total. The lowest BCUT2D eigenvalue weighted by molar-refractivity contribution is -0.255. The number of halogens is 2.